The number of carbonyl (C=O) groups excluding carboxylic acids is 1. The highest BCUT2D eigenvalue weighted by atomic mass is 32.1. The van der Waals surface area contributed by atoms with E-state index in [0.29, 0.717) is 12.5 Å². The zero-order valence-electron chi connectivity index (χ0n) is 14.2. The Balaban J connectivity index is 1.69. The molecule has 2 heterocycles. The fourth-order valence-electron chi connectivity index (χ4n) is 3.03. The number of likely N-dealkylation sites (N-methyl/N-ethyl adjacent to an activating group) is 1. The first kappa shape index (κ1) is 18.4. The monoisotopic (exact) mass is 339 g/mol. The van der Waals surface area contributed by atoms with Crippen LogP contribution >= 0.6 is 11.3 Å². The van der Waals surface area contributed by atoms with Gasteiger partial charge in [-0.3, -0.25) is 9.69 Å². The van der Waals surface area contributed by atoms with Crippen LogP contribution in [0.15, 0.2) is 17.5 Å². The third-order valence-corrected chi connectivity index (χ3v) is 5.60. The summed E-state index contributed by atoms with van der Waals surface area (Å²) >= 11 is 1.67. The molecule has 1 aliphatic rings. The molecule has 2 N–H and O–H groups in total. The second-order valence-corrected chi connectivity index (χ2v) is 7.45. The Hall–Kier alpha value is -0.950. The van der Waals surface area contributed by atoms with Gasteiger partial charge in [-0.25, -0.2) is 0 Å². The summed E-state index contributed by atoms with van der Waals surface area (Å²) in [7, 11) is 2.04. The van der Waals surface area contributed by atoms with Crippen molar-refractivity contribution in [3.8, 4) is 0 Å². The van der Waals surface area contributed by atoms with E-state index in [1.807, 2.05) is 31.5 Å². The molecule has 130 valence electrons. The maximum atomic E-state index is 12.3. The van der Waals surface area contributed by atoms with Crippen molar-refractivity contribution in [3.05, 3.63) is 22.4 Å². The molecule has 2 rings (SSSR count). The molecule has 0 spiro atoms. The van der Waals surface area contributed by atoms with Gasteiger partial charge in [-0.05, 0) is 57.3 Å². The summed E-state index contributed by atoms with van der Waals surface area (Å²) in [6, 6.07) is 3.94. The van der Waals surface area contributed by atoms with E-state index >= 15 is 0 Å². The van der Waals surface area contributed by atoms with Crippen LogP contribution < -0.4 is 5.32 Å². The minimum Gasteiger partial charge on any atom is -0.395 e. The smallest absolute Gasteiger partial charge is 0.237 e. The van der Waals surface area contributed by atoms with Crippen LogP contribution in [0.4, 0.5) is 0 Å². The van der Waals surface area contributed by atoms with Crippen molar-refractivity contribution >= 4 is 17.2 Å². The molecule has 23 heavy (non-hydrogen) atoms. The van der Waals surface area contributed by atoms with Crippen LogP contribution in [-0.2, 0) is 11.3 Å². The van der Waals surface area contributed by atoms with Crippen molar-refractivity contribution in [2.24, 2.45) is 5.92 Å². The maximum absolute atomic E-state index is 12.3. The second-order valence-electron chi connectivity index (χ2n) is 6.42. The molecule has 0 saturated carbocycles. The van der Waals surface area contributed by atoms with Crippen LogP contribution in [0, 0.1) is 5.92 Å². The normalized spacial score (nSPS) is 18.3. The molecule has 1 aromatic heterocycles. The van der Waals surface area contributed by atoms with Crippen molar-refractivity contribution in [3.63, 3.8) is 0 Å². The highest BCUT2D eigenvalue weighted by Gasteiger charge is 2.24. The predicted molar refractivity (Wildman–Crippen MR) is 94.5 cm³/mol. The van der Waals surface area contributed by atoms with E-state index in [9.17, 15) is 4.79 Å². The van der Waals surface area contributed by atoms with Gasteiger partial charge in [0.1, 0.15) is 0 Å². The van der Waals surface area contributed by atoms with Gasteiger partial charge in [0.25, 0.3) is 0 Å². The zero-order valence-corrected chi connectivity index (χ0v) is 15.0. The molecular weight excluding hydrogens is 310 g/mol. The summed E-state index contributed by atoms with van der Waals surface area (Å²) in [6.07, 6.45) is 2.29. The van der Waals surface area contributed by atoms with Gasteiger partial charge in [-0.2, -0.15) is 0 Å². The number of amides is 1. The van der Waals surface area contributed by atoms with Gasteiger partial charge in [0.05, 0.1) is 19.2 Å². The highest BCUT2D eigenvalue weighted by molar-refractivity contribution is 7.09. The van der Waals surface area contributed by atoms with Crippen LogP contribution in [0.25, 0.3) is 0 Å². The molecule has 5 nitrogen and oxygen atoms in total. The van der Waals surface area contributed by atoms with E-state index in [0.717, 1.165) is 39.0 Å². The Morgan fingerprint density at radius 1 is 1.52 bits per heavy atom. The lowest BCUT2D eigenvalue weighted by molar-refractivity contribution is -0.125. The number of likely N-dealkylation sites (tertiary alicyclic amines) is 1. The lowest BCUT2D eigenvalue weighted by atomic mass is 9.96. The molecule has 1 atom stereocenters. The summed E-state index contributed by atoms with van der Waals surface area (Å²) < 4.78 is 0. The van der Waals surface area contributed by atoms with Crippen LogP contribution in [0.3, 0.4) is 0 Å². The molecule has 1 aromatic rings. The van der Waals surface area contributed by atoms with Crippen molar-refractivity contribution in [1.29, 1.82) is 0 Å². The van der Waals surface area contributed by atoms with E-state index in [2.05, 4.69) is 15.1 Å². The Morgan fingerprint density at radius 3 is 2.87 bits per heavy atom. The first-order chi connectivity index (χ1) is 11.1. The first-order valence-corrected chi connectivity index (χ1v) is 9.31. The number of hydrogen-bond acceptors (Lipinski definition) is 5. The van der Waals surface area contributed by atoms with Crippen LogP contribution in [-0.4, -0.2) is 66.7 Å². The van der Waals surface area contributed by atoms with Crippen LogP contribution in [0.2, 0.25) is 0 Å². The standard InChI is InChI=1S/C17H29N3O2S/c1-14(17(22)18-12-16-4-3-11-23-16)19(2)13-15-5-7-20(8-6-15)9-10-21/h3-4,11,14-15,21H,5-10,12-13H2,1-2H3,(H,18,22)/t14-/m0/s1. The Labute approximate surface area is 143 Å². The van der Waals surface area contributed by atoms with Crippen molar-refractivity contribution in [1.82, 2.24) is 15.1 Å². The number of rotatable bonds is 8. The number of carbonyl (C=O) groups is 1. The quantitative estimate of drug-likeness (QED) is 0.751. The maximum Gasteiger partial charge on any atom is 0.237 e. The van der Waals surface area contributed by atoms with Gasteiger partial charge in [0.15, 0.2) is 0 Å². The molecule has 0 aromatic carbocycles. The molecule has 0 aliphatic carbocycles. The van der Waals surface area contributed by atoms with Gasteiger partial charge in [0.2, 0.25) is 5.91 Å². The molecule has 1 amide bonds. The molecule has 0 unspecified atom stereocenters. The Morgan fingerprint density at radius 2 is 2.26 bits per heavy atom. The largest absolute Gasteiger partial charge is 0.395 e. The van der Waals surface area contributed by atoms with Gasteiger partial charge >= 0.3 is 0 Å². The number of piperidine rings is 1. The molecular formula is C17H29N3O2S. The van der Waals surface area contributed by atoms with Gasteiger partial charge in [0, 0.05) is 18.0 Å². The summed E-state index contributed by atoms with van der Waals surface area (Å²) in [6.45, 7) is 6.69. The minimum absolute atomic E-state index is 0.0959. The first-order valence-electron chi connectivity index (χ1n) is 8.43. The third-order valence-electron chi connectivity index (χ3n) is 4.73. The van der Waals surface area contributed by atoms with Crippen LogP contribution in [0.5, 0.6) is 0 Å². The van der Waals surface area contributed by atoms with Crippen molar-refractivity contribution < 1.29 is 9.90 Å². The number of aliphatic hydroxyl groups excluding tert-OH is 1. The fraction of sp³-hybridized carbons (Fsp3) is 0.706. The molecule has 1 saturated heterocycles. The number of β-amino-alcohol motifs (C(OH)–C–C–N with tert-alkyl or cyclic N) is 1. The second kappa shape index (κ2) is 9.37. The Bertz CT molecular complexity index is 458. The SMILES string of the molecule is C[C@@H](C(=O)NCc1cccs1)N(C)CC1CCN(CCO)CC1. The average molecular weight is 340 g/mol. The van der Waals surface area contributed by atoms with E-state index in [-0.39, 0.29) is 18.6 Å². The van der Waals surface area contributed by atoms with Crippen LogP contribution in [0.1, 0.15) is 24.6 Å². The molecule has 0 radical (unpaired) electrons. The minimum atomic E-state index is -0.106. The molecule has 1 fully saturated rings. The van der Waals surface area contributed by atoms with E-state index < -0.39 is 0 Å². The van der Waals surface area contributed by atoms with Crippen molar-refractivity contribution in [2.75, 3.05) is 39.8 Å². The molecule has 6 heteroatoms. The number of nitrogens with one attached hydrogen (secondary N) is 1. The van der Waals surface area contributed by atoms with Gasteiger partial charge in [-0.15, -0.1) is 11.3 Å². The summed E-state index contributed by atoms with van der Waals surface area (Å²) in [4.78, 5) is 17.9. The van der Waals surface area contributed by atoms with Crippen molar-refractivity contribution in [2.45, 2.75) is 32.4 Å². The average Bonchev–Trinajstić information content (AvgIpc) is 3.07. The molecule has 0 bridgehead atoms. The topological polar surface area (TPSA) is 55.8 Å². The Kier molecular flexibility index (Phi) is 7.49. The lowest BCUT2D eigenvalue weighted by Crippen LogP contribution is -2.46. The van der Waals surface area contributed by atoms with Gasteiger partial charge < -0.3 is 15.3 Å². The van der Waals surface area contributed by atoms with E-state index in [1.54, 1.807) is 11.3 Å². The number of hydrogen-bond donors (Lipinski definition) is 2. The number of nitrogens with zero attached hydrogens (tertiary/aromatic N) is 2. The number of thiophene rings is 1. The summed E-state index contributed by atoms with van der Waals surface area (Å²) in [5, 5.41) is 14.0. The number of aliphatic hydroxyl groups is 1. The van der Waals surface area contributed by atoms with Gasteiger partial charge in [-0.1, -0.05) is 6.07 Å². The highest BCUT2D eigenvalue weighted by Crippen LogP contribution is 2.18. The summed E-state index contributed by atoms with van der Waals surface area (Å²) in [5.41, 5.74) is 0. The predicted octanol–water partition coefficient (Wildman–Crippen LogP) is 1.39. The third kappa shape index (κ3) is 5.88. The lowest BCUT2D eigenvalue weighted by Gasteiger charge is -2.34. The summed E-state index contributed by atoms with van der Waals surface area (Å²) in [5.74, 6) is 0.737. The van der Waals surface area contributed by atoms with E-state index in [4.69, 9.17) is 5.11 Å². The van der Waals surface area contributed by atoms with E-state index in [1.165, 1.54) is 4.88 Å². The molecule has 1 aliphatic heterocycles. The fourth-order valence-corrected chi connectivity index (χ4v) is 3.68. The zero-order chi connectivity index (χ0) is 16.7.